The number of amides is 1. The predicted molar refractivity (Wildman–Crippen MR) is 114 cm³/mol. The standard InChI is InChI=1S/C23H23FN4O/c24-18-6-4-17(5-7-18)23(29)27-22-13-10-20(16-25-22)26-19-8-11-21(12-9-19)28-14-2-1-3-15-28/h4-13,16,26H,1-3,14-15H2,(H,25,27,29). The minimum absolute atomic E-state index is 0.327. The molecule has 0 radical (unpaired) electrons. The number of hydrogen-bond acceptors (Lipinski definition) is 4. The number of nitrogens with one attached hydrogen (secondary N) is 2. The highest BCUT2D eigenvalue weighted by Gasteiger charge is 2.11. The first-order valence-electron chi connectivity index (χ1n) is 9.82. The van der Waals surface area contributed by atoms with Gasteiger partial charge in [-0.1, -0.05) is 0 Å². The number of benzene rings is 2. The van der Waals surface area contributed by atoms with Crippen molar-refractivity contribution in [3.63, 3.8) is 0 Å². The van der Waals surface area contributed by atoms with E-state index in [4.69, 9.17) is 0 Å². The van der Waals surface area contributed by atoms with Gasteiger partial charge < -0.3 is 15.5 Å². The molecule has 0 unspecified atom stereocenters. The normalized spacial score (nSPS) is 13.8. The Kier molecular flexibility index (Phi) is 5.70. The third kappa shape index (κ3) is 4.90. The number of anilines is 4. The molecule has 1 saturated heterocycles. The van der Waals surface area contributed by atoms with Crippen molar-refractivity contribution in [3.8, 4) is 0 Å². The second-order valence-corrected chi connectivity index (χ2v) is 7.11. The molecule has 0 atom stereocenters. The fourth-order valence-electron chi connectivity index (χ4n) is 3.41. The van der Waals surface area contributed by atoms with Gasteiger partial charge in [0, 0.05) is 30.0 Å². The van der Waals surface area contributed by atoms with Crippen LogP contribution in [0.5, 0.6) is 0 Å². The van der Waals surface area contributed by atoms with E-state index in [1.165, 1.54) is 49.2 Å². The molecule has 2 aromatic carbocycles. The van der Waals surface area contributed by atoms with Crippen LogP contribution in [0.25, 0.3) is 0 Å². The average molecular weight is 390 g/mol. The van der Waals surface area contributed by atoms with Crippen LogP contribution < -0.4 is 15.5 Å². The summed E-state index contributed by atoms with van der Waals surface area (Å²) in [5.41, 5.74) is 3.45. The van der Waals surface area contributed by atoms with E-state index < -0.39 is 0 Å². The van der Waals surface area contributed by atoms with Gasteiger partial charge in [0.05, 0.1) is 11.9 Å². The fraction of sp³-hybridized carbons (Fsp3) is 0.217. The minimum Gasteiger partial charge on any atom is -0.372 e. The first-order chi connectivity index (χ1) is 14.2. The van der Waals surface area contributed by atoms with Crippen LogP contribution in [0.15, 0.2) is 66.9 Å². The first kappa shape index (κ1) is 18.9. The summed E-state index contributed by atoms with van der Waals surface area (Å²) in [6.45, 7) is 2.25. The van der Waals surface area contributed by atoms with Gasteiger partial charge in [-0.15, -0.1) is 0 Å². The van der Waals surface area contributed by atoms with Crippen LogP contribution in [0.3, 0.4) is 0 Å². The maximum absolute atomic E-state index is 13.0. The van der Waals surface area contributed by atoms with Crippen LogP contribution in [-0.2, 0) is 0 Å². The average Bonchev–Trinajstić information content (AvgIpc) is 2.77. The molecule has 1 fully saturated rings. The molecule has 4 rings (SSSR count). The zero-order valence-electron chi connectivity index (χ0n) is 16.1. The van der Waals surface area contributed by atoms with E-state index in [2.05, 4.69) is 44.8 Å². The lowest BCUT2D eigenvalue weighted by molar-refractivity contribution is 0.102. The number of hydrogen-bond donors (Lipinski definition) is 2. The molecule has 5 nitrogen and oxygen atoms in total. The van der Waals surface area contributed by atoms with Gasteiger partial charge in [0.15, 0.2) is 0 Å². The van der Waals surface area contributed by atoms with Crippen molar-refractivity contribution in [1.82, 2.24) is 4.98 Å². The Morgan fingerprint density at radius 1 is 0.862 bits per heavy atom. The lowest BCUT2D eigenvalue weighted by Gasteiger charge is -2.28. The Labute approximate surface area is 169 Å². The van der Waals surface area contributed by atoms with E-state index in [9.17, 15) is 9.18 Å². The Morgan fingerprint density at radius 2 is 1.55 bits per heavy atom. The summed E-state index contributed by atoms with van der Waals surface area (Å²) in [7, 11) is 0. The smallest absolute Gasteiger partial charge is 0.256 e. The summed E-state index contributed by atoms with van der Waals surface area (Å²) in [6, 6.07) is 17.4. The first-order valence-corrected chi connectivity index (χ1v) is 9.82. The largest absolute Gasteiger partial charge is 0.372 e. The number of carbonyl (C=O) groups is 1. The quantitative estimate of drug-likeness (QED) is 0.628. The monoisotopic (exact) mass is 390 g/mol. The molecular formula is C23H23FN4O. The van der Waals surface area contributed by atoms with Crippen molar-refractivity contribution in [3.05, 3.63) is 78.2 Å². The molecule has 148 valence electrons. The Morgan fingerprint density at radius 3 is 2.21 bits per heavy atom. The van der Waals surface area contributed by atoms with E-state index >= 15 is 0 Å². The summed E-state index contributed by atoms with van der Waals surface area (Å²) in [4.78, 5) is 18.9. The number of pyridine rings is 1. The molecule has 0 saturated carbocycles. The highest BCUT2D eigenvalue weighted by molar-refractivity contribution is 6.03. The SMILES string of the molecule is O=C(Nc1ccc(Nc2ccc(N3CCCCC3)cc2)cn1)c1ccc(F)cc1. The van der Waals surface area contributed by atoms with Crippen molar-refractivity contribution < 1.29 is 9.18 Å². The lowest BCUT2D eigenvalue weighted by Crippen LogP contribution is -2.29. The third-order valence-electron chi connectivity index (χ3n) is 4.99. The van der Waals surface area contributed by atoms with Gasteiger partial charge in [-0.25, -0.2) is 9.37 Å². The number of rotatable bonds is 5. The van der Waals surface area contributed by atoms with E-state index in [0.29, 0.717) is 11.4 Å². The molecule has 6 heteroatoms. The molecule has 1 amide bonds. The summed E-state index contributed by atoms with van der Waals surface area (Å²) in [5.74, 6) is -0.268. The van der Waals surface area contributed by atoms with Crippen molar-refractivity contribution in [2.24, 2.45) is 0 Å². The lowest BCUT2D eigenvalue weighted by atomic mass is 10.1. The molecule has 0 bridgehead atoms. The zero-order valence-corrected chi connectivity index (χ0v) is 16.1. The van der Waals surface area contributed by atoms with Crippen molar-refractivity contribution in [2.45, 2.75) is 19.3 Å². The van der Waals surface area contributed by atoms with E-state index in [1.54, 1.807) is 12.3 Å². The van der Waals surface area contributed by atoms with Gasteiger partial charge in [-0.05, 0) is 79.9 Å². The van der Waals surface area contributed by atoms with Gasteiger partial charge in [-0.3, -0.25) is 4.79 Å². The van der Waals surface area contributed by atoms with Crippen LogP contribution in [-0.4, -0.2) is 24.0 Å². The number of aromatic nitrogens is 1. The van der Waals surface area contributed by atoms with Crippen molar-refractivity contribution in [2.75, 3.05) is 28.6 Å². The Balaban J connectivity index is 1.35. The van der Waals surface area contributed by atoms with Gasteiger partial charge in [0.25, 0.3) is 5.91 Å². The molecule has 1 aromatic heterocycles. The third-order valence-corrected chi connectivity index (χ3v) is 4.99. The molecule has 2 N–H and O–H groups in total. The number of carbonyl (C=O) groups excluding carboxylic acids is 1. The summed E-state index contributed by atoms with van der Waals surface area (Å²) < 4.78 is 13.0. The minimum atomic E-state index is -0.376. The van der Waals surface area contributed by atoms with E-state index in [0.717, 1.165) is 24.5 Å². The fourth-order valence-corrected chi connectivity index (χ4v) is 3.41. The van der Waals surface area contributed by atoms with Gasteiger partial charge in [-0.2, -0.15) is 0 Å². The van der Waals surface area contributed by atoms with Gasteiger partial charge in [0.2, 0.25) is 0 Å². The Bertz CT molecular complexity index is 950. The summed E-state index contributed by atoms with van der Waals surface area (Å²) in [5, 5.41) is 6.02. The van der Waals surface area contributed by atoms with Crippen molar-refractivity contribution in [1.29, 1.82) is 0 Å². The van der Waals surface area contributed by atoms with Crippen LogP contribution in [0.2, 0.25) is 0 Å². The molecule has 1 aliphatic rings. The Hall–Kier alpha value is -3.41. The van der Waals surface area contributed by atoms with E-state index in [-0.39, 0.29) is 11.7 Å². The van der Waals surface area contributed by atoms with Gasteiger partial charge in [0.1, 0.15) is 11.6 Å². The molecule has 1 aliphatic heterocycles. The van der Waals surface area contributed by atoms with Crippen LogP contribution >= 0.6 is 0 Å². The van der Waals surface area contributed by atoms with Crippen molar-refractivity contribution >= 4 is 28.8 Å². The zero-order chi connectivity index (χ0) is 20.1. The maximum Gasteiger partial charge on any atom is 0.256 e. The summed E-state index contributed by atoms with van der Waals surface area (Å²) in [6.07, 6.45) is 5.51. The second-order valence-electron chi connectivity index (χ2n) is 7.11. The highest BCUT2D eigenvalue weighted by Crippen LogP contribution is 2.24. The highest BCUT2D eigenvalue weighted by atomic mass is 19.1. The van der Waals surface area contributed by atoms with Crippen LogP contribution in [0, 0.1) is 5.82 Å². The molecule has 0 spiro atoms. The number of nitrogens with zero attached hydrogens (tertiary/aromatic N) is 2. The summed E-state index contributed by atoms with van der Waals surface area (Å²) >= 11 is 0. The van der Waals surface area contributed by atoms with E-state index in [1.807, 2.05) is 6.07 Å². The molecule has 0 aliphatic carbocycles. The van der Waals surface area contributed by atoms with Crippen LogP contribution in [0.1, 0.15) is 29.6 Å². The van der Waals surface area contributed by atoms with Crippen LogP contribution in [0.4, 0.5) is 27.3 Å². The second kappa shape index (κ2) is 8.73. The molecular weight excluding hydrogens is 367 g/mol. The predicted octanol–water partition coefficient (Wildman–Crippen LogP) is 5.21. The number of piperidine rings is 1. The number of halogens is 1. The van der Waals surface area contributed by atoms with Gasteiger partial charge >= 0.3 is 0 Å². The maximum atomic E-state index is 13.0. The topological polar surface area (TPSA) is 57.3 Å². The molecule has 3 aromatic rings. The molecule has 2 heterocycles. The molecule has 29 heavy (non-hydrogen) atoms.